The summed E-state index contributed by atoms with van der Waals surface area (Å²) in [4.78, 5) is 48.5. The van der Waals surface area contributed by atoms with E-state index in [1.807, 2.05) is 12.1 Å². The van der Waals surface area contributed by atoms with Gasteiger partial charge in [-0.15, -0.1) is 0 Å². The van der Waals surface area contributed by atoms with Crippen LogP contribution in [0.4, 0.5) is 0 Å². The molecule has 12 heteroatoms. The Balaban J connectivity index is 1.81. The molecule has 43 heavy (non-hydrogen) atoms. The van der Waals surface area contributed by atoms with Gasteiger partial charge in [0, 0.05) is 32.2 Å². The number of benzene rings is 1. The van der Waals surface area contributed by atoms with E-state index >= 15 is 0 Å². The molecule has 2 aliphatic heterocycles. The average molecular weight is 661 g/mol. The first-order valence-corrected chi connectivity index (χ1v) is 14.5. The van der Waals surface area contributed by atoms with Crippen molar-refractivity contribution in [3.63, 3.8) is 0 Å². The van der Waals surface area contributed by atoms with Gasteiger partial charge in [0.15, 0.2) is 12.2 Å². The van der Waals surface area contributed by atoms with E-state index in [0.29, 0.717) is 17.7 Å². The minimum atomic E-state index is -1.48. The van der Waals surface area contributed by atoms with Crippen LogP contribution in [0.15, 0.2) is 71.0 Å². The zero-order chi connectivity index (χ0) is 31.1. The average Bonchev–Trinajstić information content (AvgIpc) is 2.95. The lowest BCUT2D eigenvalue weighted by atomic mass is 9.85. The first-order valence-electron chi connectivity index (χ1n) is 13.7. The molecular weight excluding hydrogens is 628 g/mol. The second kappa shape index (κ2) is 14.5. The molecule has 6 atom stereocenters. The molecule has 0 aromatic heterocycles. The maximum Gasteiger partial charge on any atom is 0.305 e. The molecule has 6 unspecified atom stereocenters. The van der Waals surface area contributed by atoms with Crippen LogP contribution in [0.1, 0.15) is 70.1 Å². The van der Waals surface area contributed by atoms with Crippen LogP contribution in [0.25, 0.3) is 0 Å². The predicted octanol–water partition coefficient (Wildman–Crippen LogP) is 5.31. The van der Waals surface area contributed by atoms with Crippen molar-refractivity contribution in [1.29, 1.82) is 0 Å². The van der Waals surface area contributed by atoms with Crippen molar-refractivity contribution < 1.29 is 52.3 Å². The van der Waals surface area contributed by atoms with E-state index in [-0.39, 0.29) is 5.92 Å². The molecule has 230 valence electrons. The van der Waals surface area contributed by atoms with E-state index in [1.165, 1.54) is 25.0 Å². The Morgan fingerprint density at radius 3 is 2.19 bits per heavy atom. The van der Waals surface area contributed by atoms with Crippen molar-refractivity contribution >= 4 is 39.8 Å². The lowest BCUT2D eigenvalue weighted by Crippen LogP contribution is -2.59. The lowest BCUT2D eigenvalue weighted by molar-refractivity contribution is -0.298. The Kier molecular flexibility index (Phi) is 10.8. The van der Waals surface area contributed by atoms with Gasteiger partial charge in [-0.05, 0) is 36.5 Å². The minimum Gasteiger partial charge on any atom is -0.466 e. The number of ether oxygens (including phenoxy) is 7. The van der Waals surface area contributed by atoms with Crippen LogP contribution >= 0.6 is 15.9 Å². The fourth-order valence-electron chi connectivity index (χ4n) is 5.19. The third-order valence-corrected chi connectivity index (χ3v) is 7.56. The molecule has 0 spiro atoms. The maximum absolute atomic E-state index is 12.3. The minimum absolute atomic E-state index is 0.296. The zero-order valence-electron chi connectivity index (χ0n) is 24.2. The van der Waals surface area contributed by atoms with E-state index in [9.17, 15) is 19.2 Å². The maximum atomic E-state index is 12.3. The molecule has 0 N–H and O–H groups in total. The van der Waals surface area contributed by atoms with Crippen molar-refractivity contribution in [2.45, 2.75) is 83.6 Å². The van der Waals surface area contributed by atoms with E-state index < -0.39 is 54.6 Å². The van der Waals surface area contributed by atoms with Gasteiger partial charge < -0.3 is 33.2 Å². The van der Waals surface area contributed by atoms with Gasteiger partial charge in [-0.3, -0.25) is 19.2 Å². The van der Waals surface area contributed by atoms with Crippen molar-refractivity contribution in [2.75, 3.05) is 0 Å². The monoisotopic (exact) mass is 660 g/mol. The topological polar surface area (TPSA) is 133 Å². The molecular formula is C31H33BrO11. The summed E-state index contributed by atoms with van der Waals surface area (Å²) in [6.07, 6.45) is 6.44. The second-order valence-electron chi connectivity index (χ2n) is 10.1. The molecule has 0 radical (unpaired) electrons. The highest BCUT2D eigenvalue weighted by molar-refractivity contribution is 9.10. The lowest BCUT2D eigenvalue weighted by Gasteiger charge is -2.44. The standard InChI is InChI=1S/C31H33BrO11/c1-17(33)39-28-27(43-31(42-20(4)36)30(41-19(3)35)29(28)40-18(2)34)22-10-11-25(32)23(15-22)24(26-16-37-12-13-38-26)14-21-8-6-5-7-9-21/h5-6,8,10-13,15-16,24,27-31H,7,9,14H2,1-4H3. The number of esters is 4. The van der Waals surface area contributed by atoms with E-state index in [1.54, 1.807) is 18.4 Å². The molecule has 1 aromatic rings. The first kappa shape index (κ1) is 32.0. The van der Waals surface area contributed by atoms with Gasteiger partial charge >= 0.3 is 23.9 Å². The highest BCUT2D eigenvalue weighted by Crippen LogP contribution is 2.43. The van der Waals surface area contributed by atoms with Crippen molar-refractivity contribution in [3.8, 4) is 0 Å². The van der Waals surface area contributed by atoms with Crippen molar-refractivity contribution in [1.82, 2.24) is 0 Å². The van der Waals surface area contributed by atoms with Crippen LogP contribution in [0.5, 0.6) is 0 Å². The van der Waals surface area contributed by atoms with Crippen LogP contribution in [0, 0.1) is 0 Å². The van der Waals surface area contributed by atoms with Gasteiger partial charge in [0.25, 0.3) is 0 Å². The summed E-state index contributed by atoms with van der Waals surface area (Å²) in [5.41, 5.74) is 2.53. The smallest absolute Gasteiger partial charge is 0.305 e. The first-order chi connectivity index (χ1) is 20.5. The van der Waals surface area contributed by atoms with E-state index in [4.69, 9.17) is 33.2 Å². The molecule has 1 aliphatic carbocycles. The molecule has 1 fully saturated rings. The van der Waals surface area contributed by atoms with Gasteiger partial charge in [0.1, 0.15) is 30.6 Å². The van der Waals surface area contributed by atoms with E-state index in [2.05, 4.69) is 28.1 Å². The van der Waals surface area contributed by atoms with Gasteiger partial charge in [0.05, 0.1) is 5.92 Å². The summed E-state index contributed by atoms with van der Waals surface area (Å²) in [6, 6.07) is 5.39. The number of halogens is 1. The number of allylic oxidation sites excluding steroid dienone is 5. The number of carbonyl (C=O) groups is 4. The molecule has 3 aliphatic rings. The van der Waals surface area contributed by atoms with Crippen LogP contribution < -0.4 is 0 Å². The van der Waals surface area contributed by atoms with Gasteiger partial charge in [-0.2, -0.15) is 0 Å². The Morgan fingerprint density at radius 1 is 0.907 bits per heavy atom. The quantitative estimate of drug-likeness (QED) is 0.252. The van der Waals surface area contributed by atoms with Gasteiger partial charge in [-0.25, -0.2) is 0 Å². The molecule has 0 saturated carbocycles. The molecule has 2 heterocycles. The fourth-order valence-corrected chi connectivity index (χ4v) is 5.72. The van der Waals surface area contributed by atoms with Gasteiger partial charge in [-0.1, -0.05) is 51.9 Å². The SMILES string of the molecule is CC(=O)OC1OC(c2ccc(Br)c(C(CC3=CC=CCC3)C3=COC=CO3)c2)C(OC(C)=O)C(OC(C)=O)C1OC(C)=O. The Labute approximate surface area is 257 Å². The largest absolute Gasteiger partial charge is 0.466 e. The molecule has 11 nitrogen and oxygen atoms in total. The highest BCUT2D eigenvalue weighted by Gasteiger charge is 2.53. The highest BCUT2D eigenvalue weighted by atomic mass is 79.9. The Morgan fingerprint density at radius 2 is 1.58 bits per heavy atom. The molecule has 0 bridgehead atoms. The van der Waals surface area contributed by atoms with Crippen LogP contribution in [0.3, 0.4) is 0 Å². The summed E-state index contributed by atoms with van der Waals surface area (Å²) in [5, 5.41) is 0. The van der Waals surface area contributed by atoms with Crippen LogP contribution in [-0.4, -0.2) is 48.5 Å². The van der Waals surface area contributed by atoms with Gasteiger partial charge in [0.2, 0.25) is 12.4 Å². The second-order valence-corrected chi connectivity index (χ2v) is 11.0. The summed E-state index contributed by atoms with van der Waals surface area (Å²) in [7, 11) is 0. The number of carbonyl (C=O) groups excluding carboxylic acids is 4. The number of rotatable bonds is 9. The summed E-state index contributed by atoms with van der Waals surface area (Å²) < 4.78 is 40.2. The van der Waals surface area contributed by atoms with Crippen molar-refractivity contribution in [3.05, 3.63) is 82.1 Å². The van der Waals surface area contributed by atoms with Crippen LogP contribution in [0.2, 0.25) is 0 Å². The fraction of sp³-hybridized carbons (Fsp3) is 0.419. The predicted molar refractivity (Wildman–Crippen MR) is 153 cm³/mol. The van der Waals surface area contributed by atoms with Crippen molar-refractivity contribution in [2.24, 2.45) is 0 Å². The summed E-state index contributed by atoms with van der Waals surface area (Å²) >= 11 is 3.67. The third-order valence-electron chi connectivity index (χ3n) is 6.84. The van der Waals surface area contributed by atoms with E-state index in [0.717, 1.165) is 43.6 Å². The number of hydrogen-bond acceptors (Lipinski definition) is 11. The Hall–Kier alpha value is -3.90. The molecule has 4 rings (SSSR count). The molecule has 1 saturated heterocycles. The summed E-state index contributed by atoms with van der Waals surface area (Å²) in [5.74, 6) is -2.63. The molecule has 1 aromatic carbocycles. The number of hydrogen-bond donors (Lipinski definition) is 0. The molecule has 0 amide bonds. The van der Waals surface area contributed by atoms with Crippen LogP contribution in [-0.2, 0) is 52.3 Å². The Bertz CT molecular complexity index is 1360. The normalized spacial score (nSPS) is 25.2. The summed E-state index contributed by atoms with van der Waals surface area (Å²) in [6.45, 7) is 4.65. The third kappa shape index (κ3) is 8.35. The zero-order valence-corrected chi connectivity index (χ0v) is 25.7.